The minimum absolute atomic E-state index is 0.0152. The molecule has 0 fully saturated rings. The molecule has 0 saturated heterocycles. The van der Waals surface area contributed by atoms with Gasteiger partial charge in [0.05, 0.1) is 6.61 Å². The average Bonchev–Trinajstić information content (AvgIpc) is 2.59. The lowest BCUT2D eigenvalue weighted by Crippen LogP contribution is -2.14. The van der Waals surface area contributed by atoms with Crippen molar-refractivity contribution in [2.45, 2.75) is 59.9 Å². The molecular formula is C22H29O4P. The summed E-state index contributed by atoms with van der Waals surface area (Å²) >= 11 is 0. The second-order valence-electron chi connectivity index (χ2n) is 7.83. The second-order valence-corrected chi connectivity index (χ2v) is 9.10. The minimum Gasteiger partial charge on any atom is -0.348 e. The van der Waals surface area contributed by atoms with E-state index < -0.39 is 19.8 Å². The molecule has 0 N–H and O–H groups in total. The molecule has 0 bridgehead atoms. The van der Waals surface area contributed by atoms with Crippen LogP contribution in [0.5, 0.6) is 0 Å². The fourth-order valence-electron chi connectivity index (χ4n) is 2.88. The van der Waals surface area contributed by atoms with Crippen LogP contribution in [0.25, 0.3) is 0 Å². The molecule has 0 aliphatic carbocycles. The topological polar surface area (TPSA) is 52.6 Å². The molecule has 2 aromatic rings. The molecule has 0 spiro atoms. The zero-order chi connectivity index (χ0) is 20.2. The van der Waals surface area contributed by atoms with Crippen molar-refractivity contribution >= 4 is 13.6 Å². The van der Waals surface area contributed by atoms with Crippen LogP contribution in [0.4, 0.5) is 0 Å². The number of hydrogen-bond donors (Lipinski definition) is 0. The highest BCUT2D eigenvalue weighted by atomic mass is 31.1. The summed E-state index contributed by atoms with van der Waals surface area (Å²) in [5.41, 5.74) is 3.80. The standard InChI is InChI=1S/C22H29O4P/c1-15-12-19(22(4,5)6)13-16(2)20(15)21(23)27(24)26-17(3)25-14-18-10-8-7-9-11-18/h7-13,17,27H,14H2,1-6H3. The summed E-state index contributed by atoms with van der Waals surface area (Å²) in [5.74, 6) is 0. The van der Waals surface area contributed by atoms with Crippen LogP contribution in [0.15, 0.2) is 42.5 Å². The summed E-state index contributed by atoms with van der Waals surface area (Å²) in [6.07, 6.45) is -0.727. The summed E-state index contributed by atoms with van der Waals surface area (Å²) in [5, 5.41) is 0. The molecule has 0 aliphatic heterocycles. The van der Waals surface area contributed by atoms with Gasteiger partial charge in [-0.2, -0.15) is 0 Å². The zero-order valence-corrected chi connectivity index (χ0v) is 18.0. The average molecular weight is 388 g/mol. The van der Waals surface area contributed by atoms with Gasteiger partial charge < -0.3 is 4.74 Å². The summed E-state index contributed by atoms with van der Waals surface area (Å²) in [6, 6.07) is 13.6. The van der Waals surface area contributed by atoms with Crippen LogP contribution in [-0.4, -0.2) is 11.8 Å². The Morgan fingerprint density at radius 3 is 2.15 bits per heavy atom. The lowest BCUT2D eigenvalue weighted by molar-refractivity contribution is -0.0711. The third-order valence-corrected chi connectivity index (χ3v) is 5.58. The number of ether oxygens (including phenoxy) is 1. The van der Waals surface area contributed by atoms with Gasteiger partial charge in [0.15, 0.2) is 6.29 Å². The molecule has 146 valence electrons. The van der Waals surface area contributed by atoms with E-state index in [0.29, 0.717) is 12.2 Å². The first-order valence-corrected chi connectivity index (χ1v) is 10.4. The van der Waals surface area contributed by atoms with E-state index in [1.807, 2.05) is 56.3 Å². The number of carbonyl (C=O) groups is 1. The van der Waals surface area contributed by atoms with Gasteiger partial charge in [0.1, 0.15) is 0 Å². The summed E-state index contributed by atoms with van der Waals surface area (Å²) in [6.45, 7) is 12.1. The molecule has 0 amide bonds. The fourth-order valence-corrected chi connectivity index (χ4v) is 3.96. The zero-order valence-electron chi connectivity index (χ0n) is 17.0. The van der Waals surface area contributed by atoms with Crippen LogP contribution in [0.3, 0.4) is 0 Å². The lowest BCUT2D eigenvalue weighted by Gasteiger charge is -2.22. The van der Waals surface area contributed by atoms with E-state index in [1.54, 1.807) is 6.92 Å². The largest absolute Gasteiger partial charge is 0.348 e. The van der Waals surface area contributed by atoms with Gasteiger partial charge in [0.2, 0.25) is 5.52 Å². The first kappa shape index (κ1) is 21.6. The Labute approximate surface area is 162 Å². The van der Waals surface area contributed by atoms with Gasteiger partial charge in [0.25, 0.3) is 8.03 Å². The fraction of sp³-hybridized carbons (Fsp3) is 0.409. The highest BCUT2D eigenvalue weighted by molar-refractivity contribution is 7.60. The van der Waals surface area contributed by atoms with Crippen molar-refractivity contribution in [2.24, 2.45) is 0 Å². The number of carbonyl (C=O) groups excluding carboxylic acids is 1. The predicted molar refractivity (Wildman–Crippen MR) is 110 cm³/mol. The molecule has 0 aliphatic rings. The van der Waals surface area contributed by atoms with E-state index in [-0.39, 0.29) is 5.41 Å². The lowest BCUT2D eigenvalue weighted by atomic mass is 9.84. The molecule has 0 saturated carbocycles. The molecule has 0 heterocycles. The van der Waals surface area contributed by atoms with Crippen LogP contribution in [-0.2, 0) is 25.8 Å². The van der Waals surface area contributed by atoms with E-state index in [4.69, 9.17) is 9.26 Å². The van der Waals surface area contributed by atoms with Crippen molar-refractivity contribution < 1.29 is 18.6 Å². The minimum atomic E-state index is -2.93. The Morgan fingerprint density at radius 2 is 1.63 bits per heavy atom. The Balaban J connectivity index is 2.05. The van der Waals surface area contributed by atoms with Gasteiger partial charge in [-0.1, -0.05) is 63.2 Å². The van der Waals surface area contributed by atoms with E-state index in [2.05, 4.69) is 20.8 Å². The molecule has 2 unspecified atom stereocenters. The molecule has 0 radical (unpaired) electrons. The second kappa shape index (κ2) is 8.97. The number of rotatable bonds is 7. The molecular weight excluding hydrogens is 359 g/mol. The quantitative estimate of drug-likeness (QED) is 0.445. The molecule has 2 atom stereocenters. The molecule has 2 aromatic carbocycles. The van der Waals surface area contributed by atoms with Crippen LogP contribution in [0.2, 0.25) is 0 Å². The smallest absolute Gasteiger partial charge is 0.262 e. The Morgan fingerprint density at radius 1 is 1.07 bits per heavy atom. The summed E-state index contributed by atoms with van der Waals surface area (Å²) in [7, 11) is -2.93. The third kappa shape index (κ3) is 5.87. The highest BCUT2D eigenvalue weighted by Gasteiger charge is 2.24. The molecule has 2 rings (SSSR count). The maximum absolute atomic E-state index is 12.7. The maximum Gasteiger partial charge on any atom is 0.262 e. The monoisotopic (exact) mass is 388 g/mol. The van der Waals surface area contributed by atoms with Crippen molar-refractivity contribution in [2.75, 3.05) is 0 Å². The van der Waals surface area contributed by atoms with Gasteiger partial charge in [-0.05, 0) is 48.4 Å². The van der Waals surface area contributed by atoms with Gasteiger partial charge >= 0.3 is 0 Å². The van der Waals surface area contributed by atoms with E-state index in [0.717, 1.165) is 22.3 Å². The van der Waals surface area contributed by atoms with Crippen LogP contribution in [0.1, 0.15) is 60.3 Å². The van der Waals surface area contributed by atoms with Gasteiger partial charge in [-0.15, -0.1) is 0 Å². The first-order chi connectivity index (χ1) is 12.6. The van der Waals surface area contributed by atoms with Crippen molar-refractivity contribution in [3.63, 3.8) is 0 Å². The number of hydrogen-bond acceptors (Lipinski definition) is 4. The maximum atomic E-state index is 12.7. The SMILES string of the molecule is Cc1cc(C(C)(C)C)cc(C)c1C(=O)[PH](=O)OC(C)OCc1ccccc1. The van der Waals surface area contributed by atoms with Crippen LogP contribution in [0, 0.1) is 13.8 Å². The van der Waals surface area contributed by atoms with Crippen molar-refractivity contribution in [3.8, 4) is 0 Å². The van der Waals surface area contributed by atoms with Crippen molar-refractivity contribution in [1.82, 2.24) is 0 Å². The predicted octanol–water partition coefficient (Wildman–Crippen LogP) is 5.80. The highest BCUT2D eigenvalue weighted by Crippen LogP contribution is 2.35. The Kier molecular flexibility index (Phi) is 7.16. The summed E-state index contributed by atoms with van der Waals surface area (Å²) < 4.78 is 23.4. The molecule has 4 nitrogen and oxygen atoms in total. The van der Waals surface area contributed by atoms with Gasteiger partial charge in [0, 0.05) is 5.56 Å². The summed E-state index contributed by atoms with van der Waals surface area (Å²) in [4.78, 5) is 12.7. The van der Waals surface area contributed by atoms with Crippen LogP contribution >= 0.6 is 8.03 Å². The Bertz CT molecular complexity index is 799. The normalized spacial score (nSPS) is 14.0. The number of benzene rings is 2. The first-order valence-electron chi connectivity index (χ1n) is 9.12. The van der Waals surface area contributed by atoms with Crippen molar-refractivity contribution in [3.05, 3.63) is 70.3 Å². The number of aryl methyl sites for hydroxylation is 2. The van der Waals surface area contributed by atoms with E-state index >= 15 is 0 Å². The molecule has 27 heavy (non-hydrogen) atoms. The van der Waals surface area contributed by atoms with E-state index in [9.17, 15) is 9.36 Å². The Hall–Kier alpha value is -1.74. The van der Waals surface area contributed by atoms with Crippen LogP contribution < -0.4 is 0 Å². The van der Waals surface area contributed by atoms with Gasteiger partial charge in [-0.3, -0.25) is 13.9 Å². The van der Waals surface area contributed by atoms with E-state index in [1.165, 1.54) is 0 Å². The molecule has 5 heteroatoms. The van der Waals surface area contributed by atoms with Crippen molar-refractivity contribution in [1.29, 1.82) is 0 Å². The third-order valence-electron chi connectivity index (χ3n) is 4.41. The molecule has 0 aromatic heterocycles. The van der Waals surface area contributed by atoms with Gasteiger partial charge in [-0.25, -0.2) is 0 Å².